The van der Waals surface area contributed by atoms with Crippen molar-refractivity contribution in [3.63, 3.8) is 0 Å². The zero-order chi connectivity index (χ0) is 30.3. The highest BCUT2D eigenvalue weighted by Crippen LogP contribution is 2.68. The van der Waals surface area contributed by atoms with Gasteiger partial charge in [-0.05, 0) is 72.1 Å². The van der Waals surface area contributed by atoms with Crippen LogP contribution < -0.4 is 14.5 Å². The summed E-state index contributed by atoms with van der Waals surface area (Å²) in [5, 5.41) is 12.1. The van der Waals surface area contributed by atoms with Gasteiger partial charge in [-0.15, -0.1) is 11.8 Å². The highest BCUT2D eigenvalue weighted by molar-refractivity contribution is 8.00. The Hall–Kier alpha value is -4.22. The zero-order valence-corrected chi connectivity index (χ0v) is 25.2. The molecule has 4 aliphatic rings. The number of nitro groups is 1. The number of imide groups is 1. The molecule has 1 N–H and O–H groups in total. The van der Waals surface area contributed by atoms with Gasteiger partial charge in [-0.25, -0.2) is 0 Å². The van der Waals surface area contributed by atoms with E-state index in [0.717, 1.165) is 33.2 Å². The number of nitro benzene ring substituents is 1. The molecule has 2 amide bonds. The molecule has 4 aromatic rings. The third-order valence-electron chi connectivity index (χ3n) is 9.94. The van der Waals surface area contributed by atoms with Gasteiger partial charge in [0.05, 0.1) is 27.5 Å². The van der Waals surface area contributed by atoms with Gasteiger partial charge in [-0.3, -0.25) is 29.4 Å². The van der Waals surface area contributed by atoms with Crippen molar-refractivity contribution in [1.29, 1.82) is 0 Å². The van der Waals surface area contributed by atoms with E-state index in [0.29, 0.717) is 12.3 Å². The summed E-state index contributed by atoms with van der Waals surface area (Å²) in [6.45, 7) is 2.53. The van der Waals surface area contributed by atoms with Crippen molar-refractivity contribution in [3.8, 4) is 5.75 Å². The van der Waals surface area contributed by atoms with Gasteiger partial charge in [0.2, 0.25) is 11.8 Å². The van der Waals surface area contributed by atoms with Gasteiger partial charge in [-0.1, -0.05) is 47.7 Å². The Balaban J connectivity index is 1.11. The van der Waals surface area contributed by atoms with Crippen molar-refractivity contribution in [3.05, 3.63) is 114 Å². The molecule has 2 aliphatic carbocycles. The standard InChI is InChI=1S/C33H27N3O6S2/c1-16-4-2-3-5-18(16)15-42-21-12-6-17(7-13-21)24-25-22-14-23(28(25)43-30-29(24)44-33(39)34-30)27-26(22)31(37)35(32(27)38)19-8-10-20(11-9-19)36(40)41/h2-13,22-28H,14-15H2,1H3,(H,34,39)/t22-,23-,24+,25+,26+,27+,28-/m1/s1. The Bertz CT molecular complexity index is 1880. The number of H-pyrrole nitrogens is 1. The van der Waals surface area contributed by atoms with Crippen molar-refractivity contribution in [2.45, 2.75) is 36.1 Å². The number of aromatic nitrogens is 1. The second kappa shape index (κ2) is 10.2. The number of hydrogen-bond acceptors (Lipinski definition) is 8. The lowest BCUT2D eigenvalue weighted by molar-refractivity contribution is -0.384. The van der Waals surface area contributed by atoms with Gasteiger partial charge in [-0.2, -0.15) is 0 Å². The van der Waals surface area contributed by atoms with Gasteiger partial charge in [0, 0.05) is 28.2 Å². The molecule has 9 nitrogen and oxygen atoms in total. The minimum Gasteiger partial charge on any atom is -0.489 e. The first kappa shape index (κ1) is 27.3. The van der Waals surface area contributed by atoms with Gasteiger partial charge >= 0.3 is 4.87 Å². The number of nitrogens with zero attached hydrogens (tertiary/aromatic N) is 2. The number of ether oxygens (including phenoxy) is 1. The molecular formula is C33H27N3O6S2. The van der Waals surface area contributed by atoms with E-state index < -0.39 is 16.8 Å². The van der Waals surface area contributed by atoms with Crippen LogP contribution in [0.3, 0.4) is 0 Å². The van der Waals surface area contributed by atoms with E-state index in [1.807, 2.05) is 24.3 Å². The van der Waals surface area contributed by atoms with Crippen LogP contribution in [0.4, 0.5) is 11.4 Å². The van der Waals surface area contributed by atoms with Gasteiger partial charge in [0.25, 0.3) is 5.69 Å². The van der Waals surface area contributed by atoms with Gasteiger partial charge in [0.15, 0.2) is 0 Å². The number of thioether (sulfide) groups is 1. The summed E-state index contributed by atoms with van der Waals surface area (Å²) >= 11 is 2.88. The van der Waals surface area contributed by atoms with Crippen molar-refractivity contribution in [1.82, 2.24) is 4.98 Å². The molecule has 3 aromatic carbocycles. The highest BCUT2D eigenvalue weighted by atomic mass is 32.2. The number of thiazole rings is 1. The maximum Gasteiger partial charge on any atom is 0.305 e. The SMILES string of the molecule is Cc1ccccc1COc1ccc([C@@H]2c3sc(=O)[nH]c3S[C@@H]3[C@@H]4C[C@@H]([C@@H]5C(=O)N(c6ccc([N+](=O)[O-])cc6)C(=O)[C@@H]45)[C@@H]23)cc1. The number of fused-ring (bicyclic) bond motifs is 9. The van der Waals surface area contributed by atoms with Crippen LogP contribution in [0.25, 0.3) is 0 Å². The van der Waals surface area contributed by atoms with Crippen LogP contribution in [-0.2, 0) is 16.2 Å². The average Bonchev–Trinajstić information content (AvgIpc) is 3.76. The molecule has 1 saturated heterocycles. The largest absolute Gasteiger partial charge is 0.489 e. The summed E-state index contributed by atoms with van der Waals surface area (Å²) in [6.07, 6.45) is 0.788. The minimum atomic E-state index is -0.500. The van der Waals surface area contributed by atoms with Crippen LogP contribution >= 0.6 is 23.1 Å². The number of aromatic amines is 1. The number of anilines is 1. The monoisotopic (exact) mass is 625 g/mol. The number of nitrogens with one attached hydrogen (secondary N) is 1. The second-order valence-corrected chi connectivity index (χ2v) is 14.2. The first-order chi connectivity index (χ1) is 21.3. The predicted octanol–water partition coefficient (Wildman–Crippen LogP) is 5.91. The number of rotatable bonds is 6. The zero-order valence-electron chi connectivity index (χ0n) is 23.5. The van der Waals surface area contributed by atoms with Crippen molar-refractivity contribution >= 4 is 46.3 Å². The quantitative estimate of drug-likeness (QED) is 0.161. The normalized spacial score (nSPS) is 28.1. The summed E-state index contributed by atoms with van der Waals surface area (Å²) < 4.78 is 6.10. The number of non-ortho nitro benzene ring substituents is 1. The molecule has 2 bridgehead atoms. The molecule has 3 heterocycles. The number of amides is 2. The van der Waals surface area contributed by atoms with Crippen molar-refractivity contribution in [2.24, 2.45) is 29.6 Å². The van der Waals surface area contributed by atoms with Crippen LogP contribution in [0.2, 0.25) is 0 Å². The van der Waals surface area contributed by atoms with Gasteiger partial charge < -0.3 is 9.72 Å². The summed E-state index contributed by atoms with van der Waals surface area (Å²) in [7, 11) is 0. The maximum atomic E-state index is 13.9. The summed E-state index contributed by atoms with van der Waals surface area (Å²) in [5.41, 5.74) is 3.64. The van der Waals surface area contributed by atoms with E-state index >= 15 is 0 Å². The Labute approximate surface area is 260 Å². The summed E-state index contributed by atoms with van der Waals surface area (Å²) in [4.78, 5) is 56.1. The average molecular weight is 626 g/mol. The van der Waals surface area contributed by atoms with E-state index in [-0.39, 0.29) is 51.3 Å². The maximum absolute atomic E-state index is 13.9. The first-order valence-electron chi connectivity index (χ1n) is 14.6. The predicted molar refractivity (Wildman–Crippen MR) is 166 cm³/mol. The third kappa shape index (κ3) is 4.09. The number of carbonyl (C=O) groups excluding carboxylic acids is 2. The molecule has 11 heteroatoms. The smallest absolute Gasteiger partial charge is 0.305 e. The van der Waals surface area contributed by atoms with Crippen molar-refractivity contribution in [2.75, 3.05) is 4.90 Å². The Kier molecular flexibility index (Phi) is 6.32. The lowest BCUT2D eigenvalue weighted by atomic mass is 9.68. The molecular weight excluding hydrogens is 599 g/mol. The Morgan fingerprint density at radius 2 is 1.66 bits per heavy atom. The fourth-order valence-electron chi connectivity index (χ4n) is 8.07. The first-order valence-corrected chi connectivity index (χ1v) is 16.3. The molecule has 222 valence electrons. The molecule has 3 fully saturated rings. The topological polar surface area (TPSA) is 123 Å². The molecule has 44 heavy (non-hydrogen) atoms. The minimum absolute atomic E-state index is 0.00438. The van der Waals surface area contributed by atoms with E-state index in [1.54, 1.807) is 11.8 Å². The second-order valence-electron chi connectivity index (χ2n) is 12.0. The molecule has 0 radical (unpaired) electrons. The van der Waals surface area contributed by atoms with Crippen LogP contribution in [0.1, 0.15) is 33.9 Å². The van der Waals surface area contributed by atoms with Crippen molar-refractivity contribution < 1.29 is 19.2 Å². The molecule has 0 spiro atoms. The summed E-state index contributed by atoms with van der Waals surface area (Å²) in [5.74, 6) is -0.597. The molecule has 0 unspecified atom stereocenters. The number of aryl methyl sites for hydroxylation is 1. The number of carbonyl (C=O) groups is 2. The molecule has 2 aliphatic heterocycles. The highest BCUT2D eigenvalue weighted by Gasteiger charge is 2.69. The van der Waals surface area contributed by atoms with Crippen LogP contribution in [0.15, 0.2) is 82.6 Å². The van der Waals surface area contributed by atoms with E-state index in [4.69, 9.17) is 4.74 Å². The van der Waals surface area contributed by atoms with Crippen LogP contribution in [0, 0.1) is 46.6 Å². The van der Waals surface area contributed by atoms with E-state index in [2.05, 4.69) is 36.2 Å². The van der Waals surface area contributed by atoms with E-state index in [1.165, 1.54) is 46.1 Å². The van der Waals surface area contributed by atoms with E-state index in [9.17, 15) is 24.5 Å². The molecule has 1 aromatic heterocycles. The lowest BCUT2D eigenvalue weighted by Gasteiger charge is -2.43. The molecule has 2 saturated carbocycles. The van der Waals surface area contributed by atoms with Crippen LogP contribution in [-0.4, -0.2) is 27.0 Å². The fraction of sp³-hybridized carbons (Fsp3) is 0.303. The number of hydrogen-bond donors (Lipinski definition) is 1. The summed E-state index contributed by atoms with van der Waals surface area (Å²) in [6, 6.07) is 21.8. The third-order valence-corrected chi connectivity index (χ3v) is 12.5. The van der Waals surface area contributed by atoms with Gasteiger partial charge in [0.1, 0.15) is 12.4 Å². The Morgan fingerprint density at radius 1 is 0.955 bits per heavy atom. The van der Waals surface area contributed by atoms with Crippen LogP contribution in [0.5, 0.6) is 5.75 Å². The molecule has 7 atom stereocenters. The Morgan fingerprint density at radius 3 is 2.36 bits per heavy atom. The number of benzene rings is 3. The molecule has 8 rings (SSSR count). The lowest BCUT2D eigenvalue weighted by Crippen LogP contribution is -2.42. The fourth-order valence-corrected chi connectivity index (χ4v) is 11.0.